The van der Waals surface area contributed by atoms with Crippen LogP contribution in [0, 0.1) is 0 Å². The average molecular weight is 439 g/mol. The van der Waals surface area contributed by atoms with Gasteiger partial charge in [0.05, 0.1) is 0 Å². The summed E-state index contributed by atoms with van der Waals surface area (Å²) in [4.78, 5) is 0. The number of benzene rings is 5. The number of fused-ring (bicyclic) bond motifs is 12. The van der Waals surface area contributed by atoms with Gasteiger partial charge in [0.15, 0.2) is 0 Å². The van der Waals surface area contributed by atoms with Gasteiger partial charge in [0.2, 0.25) is 0 Å². The largest absolute Gasteiger partial charge is 0.144 e. The minimum atomic E-state index is 1.34. The fourth-order valence-corrected chi connectivity index (χ4v) is 7.41. The summed E-state index contributed by atoms with van der Waals surface area (Å²) in [7, 11) is 0. The van der Waals surface area contributed by atoms with Crippen LogP contribution in [-0.2, 0) is 0 Å². The second-order valence-corrected chi connectivity index (χ2v) is 10.9. The predicted molar refractivity (Wildman–Crippen MR) is 145 cm³/mol. The molecule has 0 saturated carbocycles. The Morgan fingerprint density at radius 1 is 0.312 bits per heavy atom. The van der Waals surface area contributed by atoms with E-state index in [4.69, 9.17) is 0 Å². The van der Waals surface area contributed by atoms with Gasteiger partial charge in [-0.05, 0) is 159 Å². The zero-order valence-corrected chi connectivity index (χ0v) is 18.5. The Bertz CT molecular complexity index is 1880. The number of thiophene rings is 2. The molecule has 0 spiro atoms. The van der Waals surface area contributed by atoms with Crippen LogP contribution in [0.1, 0.15) is 0 Å². The van der Waals surface area contributed by atoms with Gasteiger partial charge >= 0.3 is 0 Å². The van der Waals surface area contributed by atoms with E-state index < -0.39 is 0 Å². The molecular formula is C30H14S2. The quantitative estimate of drug-likeness (QED) is 0.221. The topological polar surface area (TPSA) is 0 Å². The van der Waals surface area contributed by atoms with Gasteiger partial charge < -0.3 is 0 Å². The molecule has 0 aliphatic heterocycles. The molecule has 0 fully saturated rings. The summed E-state index contributed by atoms with van der Waals surface area (Å²) in [6.45, 7) is 0. The van der Waals surface area contributed by atoms with Gasteiger partial charge in [0.25, 0.3) is 0 Å². The van der Waals surface area contributed by atoms with Crippen molar-refractivity contribution in [3.8, 4) is 0 Å². The Morgan fingerprint density at radius 3 is 1.06 bits per heavy atom. The van der Waals surface area contributed by atoms with E-state index in [9.17, 15) is 0 Å². The van der Waals surface area contributed by atoms with Crippen LogP contribution in [0.4, 0.5) is 0 Å². The summed E-state index contributed by atoms with van der Waals surface area (Å²) in [5, 5.41) is 23.7. The smallest absolute Gasteiger partial charge is 0.0349 e. The molecule has 0 aliphatic carbocycles. The van der Waals surface area contributed by atoms with E-state index in [-0.39, 0.29) is 0 Å². The van der Waals surface area contributed by atoms with Crippen LogP contribution in [0.2, 0.25) is 0 Å². The number of hydrogen-bond donors (Lipinski definition) is 0. The summed E-state index contributed by atoms with van der Waals surface area (Å²) < 4.78 is 2.74. The maximum atomic E-state index is 2.43. The molecule has 0 aliphatic rings. The third-order valence-corrected chi connectivity index (χ3v) is 9.17. The van der Waals surface area contributed by atoms with E-state index in [1.165, 1.54) is 84.8 Å². The van der Waals surface area contributed by atoms with Crippen LogP contribution >= 0.6 is 22.7 Å². The monoisotopic (exact) mass is 438 g/mol. The molecule has 32 heavy (non-hydrogen) atoms. The Labute approximate surface area is 190 Å². The molecule has 0 nitrogen and oxygen atoms in total. The van der Waals surface area contributed by atoms with Crippen molar-refractivity contribution in [3.63, 3.8) is 0 Å². The fraction of sp³-hybridized carbons (Fsp3) is 0. The van der Waals surface area contributed by atoms with Gasteiger partial charge in [-0.25, -0.2) is 0 Å². The van der Waals surface area contributed by atoms with Crippen molar-refractivity contribution in [3.05, 3.63) is 83.6 Å². The van der Waals surface area contributed by atoms with Gasteiger partial charge in [-0.15, -0.1) is 22.7 Å². The van der Waals surface area contributed by atoms with E-state index in [1.54, 1.807) is 0 Å². The molecule has 146 valence electrons. The fourth-order valence-electron chi connectivity index (χ4n) is 5.78. The molecule has 0 N–H and O–H groups in total. The van der Waals surface area contributed by atoms with Gasteiger partial charge in [0, 0.05) is 9.40 Å². The van der Waals surface area contributed by atoms with E-state index in [1.807, 2.05) is 22.7 Å². The van der Waals surface area contributed by atoms with Crippen molar-refractivity contribution in [1.29, 1.82) is 0 Å². The van der Waals surface area contributed by atoms with Crippen molar-refractivity contribution in [2.24, 2.45) is 0 Å². The van der Waals surface area contributed by atoms with Crippen LogP contribution in [-0.4, -0.2) is 0 Å². The van der Waals surface area contributed by atoms with Crippen LogP contribution < -0.4 is 0 Å². The first-order valence-corrected chi connectivity index (χ1v) is 12.7. The molecule has 2 aromatic heterocycles. The third kappa shape index (κ3) is 1.86. The van der Waals surface area contributed by atoms with E-state index in [2.05, 4.69) is 83.6 Å². The van der Waals surface area contributed by atoms with E-state index in [0.717, 1.165) is 0 Å². The highest BCUT2D eigenvalue weighted by Gasteiger charge is 2.18. The summed E-state index contributed by atoms with van der Waals surface area (Å²) in [5.74, 6) is 0. The van der Waals surface area contributed by atoms with Crippen molar-refractivity contribution in [2.45, 2.75) is 0 Å². The summed E-state index contributed by atoms with van der Waals surface area (Å²) in [6.07, 6.45) is 0. The molecule has 9 rings (SSSR count). The van der Waals surface area contributed by atoms with Crippen LogP contribution in [0.25, 0.3) is 84.8 Å². The zero-order chi connectivity index (χ0) is 20.6. The average Bonchev–Trinajstić information content (AvgIpc) is 3.45. The SMILES string of the molecule is c1cc2cc3cc4c(cc3cc2s1)c1cc2c3cc5cc6ccsc6cc5cc3c2cc41. The minimum Gasteiger partial charge on any atom is -0.144 e. The Morgan fingerprint density at radius 2 is 0.656 bits per heavy atom. The Balaban J connectivity index is 1.36. The van der Waals surface area contributed by atoms with Crippen molar-refractivity contribution in [1.82, 2.24) is 0 Å². The molecule has 0 bridgehead atoms. The maximum absolute atomic E-state index is 2.43. The number of rotatable bonds is 0. The predicted octanol–water partition coefficient (Wildman–Crippen LogP) is 9.91. The summed E-state index contributed by atoms with van der Waals surface area (Å²) in [6, 6.07) is 28.3. The Kier molecular flexibility index (Phi) is 2.68. The summed E-state index contributed by atoms with van der Waals surface area (Å²) >= 11 is 3.65. The van der Waals surface area contributed by atoms with Gasteiger partial charge in [-0.3, -0.25) is 0 Å². The molecule has 0 amide bonds. The molecule has 0 saturated heterocycles. The van der Waals surface area contributed by atoms with Crippen LogP contribution in [0.3, 0.4) is 0 Å². The lowest BCUT2D eigenvalue weighted by molar-refractivity contribution is 1.86. The second-order valence-electron chi connectivity index (χ2n) is 9.05. The number of hydrogen-bond acceptors (Lipinski definition) is 2. The molecule has 2 heteroatoms. The highest BCUT2D eigenvalue weighted by Crippen LogP contribution is 2.46. The second kappa shape index (κ2) is 5.29. The highest BCUT2D eigenvalue weighted by molar-refractivity contribution is 7.17. The van der Waals surface area contributed by atoms with Gasteiger partial charge in [0.1, 0.15) is 0 Å². The van der Waals surface area contributed by atoms with Crippen molar-refractivity contribution in [2.75, 3.05) is 0 Å². The van der Waals surface area contributed by atoms with E-state index >= 15 is 0 Å². The van der Waals surface area contributed by atoms with Gasteiger partial charge in [-0.1, -0.05) is 0 Å². The van der Waals surface area contributed by atoms with Crippen molar-refractivity contribution >= 4 is 107 Å². The lowest BCUT2D eigenvalue weighted by atomic mass is 9.84. The zero-order valence-electron chi connectivity index (χ0n) is 16.9. The first kappa shape index (κ1) is 16.2. The molecule has 9 aromatic rings. The van der Waals surface area contributed by atoms with Crippen molar-refractivity contribution < 1.29 is 0 Å². The van der Waals surface area contributed by atoms with Gasteiger partial charge in [-0.2, -0.15) is 0 Å². The van der Waals surface area contributed by atoms with E-state index in [0.29, 0.717) is 0 Å². The molecule has 0 unspecified atom stereocenters. The molecule has 7 aromatic carbocycles. The Hall–Kier alpha value is -3.46. The first-order valence-electron chi connectivity index (χ1n) is 10.9. The lowest BCUT2D eigenvalue weighted by Gasteiger charge is -2.19. The minimum absolute atomic E-state index is 1.34. The maximum Gasteiger partial charge on any atom is 0.0349 e. The third-order valence-electron chi connectivity index (χ3n) is 7.41. The molecule has 0 atom stereocenters. The lowest BCUT2D eigenvalue weighted by Crippen LogP contribution is -1.91. The first-order chi connectivity index (χ1) is 15.8. The normalized spacial score (nSPS) is 13.0. The highest BCUT2D eigenvalue weighted by atomic mass is 32.1. The summed E-state index contributed by atoms with van der Waals surface area (Å²) in [5.41, 5.74) is 0. The van der Waals surface area contributed by atoms with Crippen LogP contribution in [0.5, 0.6) is 0 Å². The standard InChI is InChI=1S/C30H14S2/c1-3-31-29-11-19-9-23-21(7-17(19)5-15(1)29)25-13-28-24-10-20-12-30-16(2-4-32-30)6-18(20)8-22(24)26(28)14-27(23)25/h1-14H. The molecular weight excluding hydrogens is 424 g/mol. The van der Waals surface area contributed by atoms with Crippen LogP contribution in [0.15, 0.2) is 83.6 Å². The molecule has 0 radical (unpaired) electrons. The molecule has 2 heterocycles.